The largest absolute Gasteiger partial charge is 0.480 e. The lowest BCUT2D eigenvalue weighted by atomic mass is 9.79. The van der Waals surface area contributed by atoms with Gasteiger partial charge in [0.25, 0.3) is 0 Å². The smallest absolute Gasteiger partial charge is 0.321 e. The summed E-state index contributed by atoms with van der Waals surface area (Å²) in [7, 11) is 0. The van der Waals surface area contributed by atoms with E-state index in [0.29, 0.717) is 6.07 Å². The third-order valence-electron chi connectivity index (χ3n) is 2.93. The molecule has 0 spiro atoms. The number of hydrogen-bond acceptors (Lipinski definition) is 2. The van der Waals surface area contributed by atoms with Crippen LogP contribution in [0, 0.1) is 17.0 Å². The SMILES string of the molecule is CCC(Cc1ccc(F)cc1F)(C(=O)O)C(=O)O. The second kappa shape index (κ2) is 5.12. The lowest BCUT2D eigenvalue weighted by Crippen LogP contribution is -2.41. The summed E-state index contributed by atoms with van der Waals surface area (Å²) in [5, 5.41) is 18.0. The van der Waals surface area contributed by atoms with E-state index in [1.807, 2.05) is 0 Å². The fraction of sp³-hybridized carbons (Fsp3) is 0.333. The van der Waals surface area contributed by atoms with Crippen LogP contribution in [0.1, 0.15) is 18.9 Å². The van der Waals surface area contributed by atoms with Gasteiger partial charge in [0, 0.05) is 12.5 Å². The fourth-order valence-electron chi connectivity index (χ4n) is 1.66. The molecule has 0 radical (unpaired) electrons. The molecule has 0 aromatic heterocycles. The quantitative estimate of drug-likeness (QED) is 0.793. The molecule has 2 N–H and O–H groups in total. The molecule has 0 saturated carbocycles. The van der Waals surface area contributed by atoms with Crippen LogP contribution in [0.4, 0.5) is 8.78 Å². The minimum atomic E-state index is -2.10. The Bertz CT molecular complexity index is 471. The van der Waals surface area contributed by atoms with E-state index in [9.17, 15) is 18.4 Å². The number of rotatable bonds is 5. The Morgan fingerprint density at radius 1 is 1.22 bits per heavy atom. The first-order chi connectivity index (χ1) is 8.33. The number of benzene rings is 1. The van der Waals surface area contributed by atoms with Crippen LogP contribution in [-0.2, 0) is 16.0 Å². The average Bonchev–Trinajstić information content (AvgIpc) is 2.27. The van der Waals surface area contributed by atoms with Gasteiger partial charge in [-0.05, 0) is 18.1 Å². The van der Waals surface area contributed by atoms with Gasteiger partial charge in [-0.2, -0.15) is 0 Å². The van der Waals surface area contributed by atoms with Crippen molar-refractivity contribution in [3.8, 4) is 0 Å². The van der Waals surface area contributed by atoms with Gasteiger partial charge in [-0.25, -0.2) is 8.78 Å². The van der Waals surface area contributed by atoms with Crippen LogP contribution in [0.3, 0.4) is 0 Å². The van der Waals surface area contributed by atoms with Crippen molar-refractivity contribution >= 4 is 11.9 Å². The summed E-state index contributed by atoms with van der Waals surface area (Å²) < 4.78 is 26.1. The van der Waals surface area contributed by atoms with Gasteiger partial charge >= 0.3 is 11.9 Å². The molecular weight excluding hydrogens is 246 g/mol. The monoisotopic (exact) mass is 258 g/mol. The molecular formula is C12H12F2O4. The van der Waals surface area contributed by atoms with E-state index in [1.54, 1.807) is 0 Å². The molecule has 0 aliphatic rings. The van der Waals surface area contributed by atoms with Crippen molar-refractivity contribution in [1.29, 1.82) is 0 Å². The van der Waals surface area contributed by atoms with Crippen molar-refractivity contribution in [2.45, 2.75) is 19.8 Å². The van der Waals surface area contributed by atoms with Gasteiger partial charge in [-0.3, -0.25) is 9.59 Å². The standard InChI is InChI=1S/C12H12F2O4/c1-2-12(10(15)16,11(17)18)6-7-3-4-8(13)5-9(7)14/h3-5H,2,6H2,1H3,(H,15,16)(H,17,18). The maximum Gasteiger partial charge on any atom is 0.321 e. The predicted octanol–water partition coefficient (Wildman–Crippen LogP) is 2.07. The van der Waals surface area contributed by atoms with Crippen LogP contribution in [-0.4, -0.2) is 22.2 Å². The van der Waals surface area contributed by atoms with Gasteiger partial charge in [0.15, 0.2) is 5.41 Å². The minimum absolute atomic E-state index is 0.136. The molecule has 1 aromatic rings. The molecule has 0 bridgehead atoms. The van der Waals surface area contributed by atoms with E-state index in [-0.39, 0.29) is 12.0 Å². The summed E-state index contributed by atoms with van der Waals surface area (Å²) >= 11 is 0. The van der Waals surface area contributed by atoms with Gasteiger partial charge < -0.3 is 10.2 Å². The van der Waals surface area contributed by atoms with Gasteiger partial charge in [0.2, 0.25) is 0 Å². The van der Waals surface area contributed by atoms with Crippen molar-refractivity contribution in [3.05, 3.63) is 35.4 Å². The number of halogens is 2. The van der Waals surface area contributed by atoms with E-state index in [2.05, 4.69) is 0 Å². The summed E-state index contributed by atoms with van der Waals surface area (Å²) in [6, 6.07) is 2.61. The third kappa shape index (κ3) is 2.47. The number of aliphatic carboxylic acids is 2. The number of carboxylic acids is 2. The molecule has 0 aliphatic heterocycles. The third-order valence-corrected chi connectivity index (χ3v) is 2.93. The topological polar surface area (TPSA) is 74.6 Å². The zero-order valence-corrected chi connectivity index (χ0v) is 9.61. The fourth-order valence-corrected chi connectivity index (χ4v) is 1.66. The van der Waals surface area contributed by atoms with E-state index in [1.165, 1.54) is 6.92 Å². The van der Waals surface area contributed by atoms with Crippen molar-refractivity contribution in [1.82, 2.24) is 0 Å². The Labute approximate surface area is 102 Å². The molecule has 1 aromatic carbocycles. The molecule has 6 heteroatoms. The van der Waals surface area contributed by atoms with Crippen LogP contribution in [0.2, 0.25) is 0 Å². The van der Waals surface area contributed by atoms with Crippen LogP contribution < -0.4 is 0 Å². The summed E-state index contributed by atoms with van der Waals surface area (Å²) in [6.07, 6.45) is -0.727. The molecule has 98 valence electrons. The second-order valence-electron chi connectivity index (χ2n) is 3.96. The van der Waals surface area contributed by atoms with Crippen LogP contribution in [0.5, 0.6) is 0 Å². The highest BCUT2D eigenvalue weighted by molar-refractivity contribution is 5.98. The Morgan fingerprint density at radius 3 is 2.17 bits per heavy atom. The zero-order chi connectivity index (χ0) is 13.9. The maximum absolute atomic E-state index is 13.4. The average molecular weight is 258 g/mol. The molecule has 0 heterocycles. The lowest BCUT2D eigenvalue weighted by Gasteiger charge is -2.23. The van der Waals surface area contributed by atoms with Crippen molar-refractivity contribution in [3.63, 3.8) is 0 Å². The van der Waals surface area contributed by atoms with E-state index < -0.39 is 35.4 Å². The van der Waals surface area contributed by atoms with Gasteiger partial charge in [-0.1, -0.05) is 13.0 Å². The molecule has 4 nitrogen and oxygen atoms in total. The van der Waals surface area contributed by atoms with Gasteiger partial charge in [0.05, 0.1) is 0 Å². The summed E-state index contributed by atoms with van der Waals surface area (Å²) in [4.78, 5) is 22.2. The van der Waals surface area contributed by atoms with E-state index in [4.69, 9.17) is 10.2 Å². The van der Waals surface area contributed by atoms with Crippen LogP contribution in [0.15, 0.2) is 18.2 Å². The van der Waals surface area contributed by atoms with Crippen molar-refractivity contribution < 1.29 is 28.6 Å². The van der Waals surface area contributed by atoms with Crippen molar-refractivity contribution in [2.75, 3.05) is 0 Å². The molecule has 0 amide bonds. The van der Waals surface area contributed by atoms with E-state index in [0.717, 1.165) is 12.1 Å². The first-order valence-electron chi connectivity index (χ1n) is 5.24. The first-order valence-corrected chi connectivity index (χ1v) is 5.24. The first kappa shape index (κ1) is 14.1. The van der Waals surface area contributed by atoms with Crippen molar-refractivity contribution in [2.24, 2.45) is 5.41 Å². The normalized spacial score (nSPS) is 11.3. The molecule has 0 aliphatic carbocycles. The molecule has 0 atom stereocenters. The number of hydrogen-bond donors (Lipinski definition) is 2. The number of carboxylic acid groups (broad SMARTS) is 2. The Kier molecular flexibility index (Phi) is 4.00. The highest BCUT2D eigenvalue weighted by atomic mass is 19.1. The molecule has 0 unspecified atom stereocenters. The van der Waals surface area contributed by atoms with Crippen LogP contribution in [0.25, 0.3) is 0 Å². The Morgan fingerprint density at radius 2 is 1.78 bits per heavy atom. The lowest BCUT2D eigenvalue weighted by molar-refractivity contribution is -0.164. The molecule has 0 saturated heterocycles. The molecule has 0 fully saturated rings. The maximum atomic E-state index is 13.4. The highest BCUT2D eigenvalue weighted by Crippen LogP contribution is 2.29. The summed E-state index contributed by atoms with van der Waals surface area (Å²) in [6.45, 7) is 1.39. The predicted molar refractivity (Wildman–Crippen MR) is 58.1 cm³/mol. The minimum Gasteiger partial charge on any atom is -0.480 e. The Balaban J connectivity index is 3.19. The summed E-state index contributed by atoms with van der Waals surface area (Å²) in [5.74, 6) is -4.83. The van der Waals surface area contributed by atoms with E-state index >= 15 is 0 Å². The van der Waals surface area contributed by atoms with Gasteiger partial charge in [-0.15, -0.1) is 0 Å². The summed E-state index contributed by atoms with van der Waals surface area (Å²) in [5.41, 5.74) is -2.23. The highest BCUT2D eigenvalue weighted by Gasteiger charge is 2.45. The molecule has 18 heavy (non-hydrogen) atoms. The second-order valence-corrected chi connectivity index (χ2v) is 3.96. The molecule has 1 rings (SSSR count). The Hall–Kier alpha value is -1.98. The van der Waals surface area contributed by atoms with Crippen LogP contribution >= 0.6 is 0 Å². The number of carbonyl (C=O) groups is 2. The zero-order valence-electron chi connectivity index (χ0n) is 9.61. The van der Waals surface area contributed by atoms with Gasteiger partial charge in [0.1, 0.15) is 11.6 Å².